The van der Waals surface area contributed by atoms with Crippen molar-refractivity contribution in [2.75, 3.05) is 0 Å². The van der Waals surface area contributed by atoms with Gasteiger partial charge >= 0.3 is 5.97 Å². The first kappa shape index (κ1) is 10.7. The highest BCUT2D eigenvalue weighted by Crippen LogP contribution is 2.09. The molecule has 0 aliphatic heterocycles. The second-order valence-corrected chi connectivity index (χ2v) is 3.31. The Bertz CT molecular complexity index is 331. The zero-order valence-corrected chi connectivity index (χ0v) is 8.52. The van der Waals surface area contributed by atoms with Crippen molar-refractivity contribution in [2.45, 2.75) is 26.6 Å². The van der Waals surface area contributed by atoms with Gasteiger partial charge in [-0.25, -0.2) is 4.79 Å². The highest BCUT2D eigenvalue weighted by atomic mass is 16.5. The fourth-order valence-electron chi connectivity index (χ4n) is 1.12. The van der Waals surface area contributed by atoms with Gasteiger partial charge in [0.1, 0.15) is 0 Å². The first-order valence-electron chi connectivity index (χ1n) is 4.38. The predicted molar refractivity (Wildman–Crippen MR) is 50.1 cm³/mol. The van der Waals surface area contributed by atoms with Gasteiger partial charge in [0.15, 0.2) is 5.69 Å². The maximum atomic E-state index is 10.8. The molecule has 1 rings (SSSR count). The molecule has 1 aromatic rings. The Morgan fingerprint density at radius 2 is 2.36 bits per heavy atom. The van der Waals surface area contributed by atoms with Gasteiger partial charge in [-0.05, 0) is 13.8 Å². The smallest absolute Gasteiger partial charge is 0.354 e. The van der Waals surface area contributed by atoms with Crippen molar-refractivity contribution >= 4 is 5.97 Å². The molecule has 0 radical (unpaired) electrons. The predicted octanol–water partition coefficient (Wildman–Crippen LogP) is 1.04. The summed E-state index contributed by atoms with van der Waals surface area (Å²) in [6, 6.07) is 0. The Morgan fingerprint density at radius 1 is 1.71 bits per heavy atom. The topological polar surface area (TPSA) is 64.4 Å². The van der Waals surface area contributed by atoms with E-state index in [2.05, 4.69) is 5.10 Å². The highest BCUT2D eigenvalue weighted by Gasteiger charge is 2.15. The number of carbonyl (C=O) groups is 1. The van der Waals surface area contributed by atoms with E-state index in [1.54, 1.807) is 7.05 Å². The van der Waals surface area contributed by atoms with Gasteiger partial charge in [0.25, 0.3) is 0 Å². The molecule has 0 saturated heterocycles. The number of aromatic nitrogens is 2. The fourth-order valence-corrected chi connectivity index (χ4v) is 1.12. The number of nitrogens with zero attached hydrogens (tertiary/aromatic N) is 2. The third kappa shape index (κ3) is 2.32. The maximum Gasteiger partial charge on any atom is 0.354 e. The van der Waals surface area contributed by atoms with Gasteiger partial charge in [0.05, 0.1) is 18.9 Å². The molecule has 1 aromatic heterocycles. The minimum atomic E-state index is -0.979. The number of carboxylic acids is 1. The summed E-state index contributed by atoms with van der Waals surface area (Å²) >= 11 is 0. The van der Waals surface area contributed by atoms with Gasteiger partial charge in [-0.2, -0.15) is 5.10 Å². The van der Waals surface area contributed by atoms with E-state index in [9.17, 15) is 4.79 Å². The van der Waals surface area contributed by atoms with Crippen LogP contribution < -0.4 is 0 Å². The molecule has 0 fully saturated rings. The summed E-state index contributed by atoms with van der Waals surface area (Å²) < 4.78 is 6.65. The molecule has 14 heavy (non-hydrogen) atoms. The van der Waals surface area contributed by atoms with Crippen LogP contribution in [0.3, 0.4) is 0 Å². The van der Waals surface area contributed by atoms with Crippen LogP contribution in [0.4, 0.5) is 0 Å². The molecule has 5 nitrogen and oxygen atoms in total. The standard InChI is InChI=1S/C9H14N2O3/c1-6(2)14-5-7-4-10-11(3)8(7)9(12)13/h4,6H,5H2,1-3H3,(H,12,13). The Balaban J connectivity index is 2.81. The van der Waals surface area contributed by atoms with E-state index >= 15 is 0 Å². The summed E-state index contributed by atoms with van der Waals surface area (Å²) in [5.41, 5.74) is 0.791. The van der Waals surface area contributed by atoms with Crippen LogP contribution in [0, 0.1) is 0 Å². The van der Waals surface area contributed by atoms with E-state index in [-0.39, 0.29) is 18.4 Å². The SMILES string of the molecule is CC(C)OCc1cnn(C)c1C(=O)O. The lowest BCUT2D eigenvalue weighted by Gasteiger charge is -2.06. The monoisotopic (exact) mass is 198 g/mol. The summed E-state index contributed by atoms with van der Waals surface area (Å²) in [5, 5.41) is 12.8. The minimum Gasteiger partial charge on any atom is -0.477 e. The van der Waals surface area contributed by atoms with Gasteiger partial charge < -0.3 is 9.84 Å². The first-order valence-corrected chi connectivity index (χ1v) is 4.38. The Kier molecular flexibility index (Phi) is 3.24. The van der Waals surface area contributed by atoms with Crippen LogP contribution in [0.5, 0.6) is 0 Å². The first-order chi connectivity index (χ1) is 6.52. The molecular weight excluding hydrogens is 184 g/mol. The molecule has 1 heterocycles. The average Bonchev–Trinajstić information content (AvgIpc) is 2.43. The van der Waals surface area contributed by atoms with E-state index in [0.29, 0.717) is 5.56 Å². The lowest BCUT2D eigenvalue weighted by molar-refractivity contribution is 0.0600. The Labute approximate surface area is 82.3 Å². The van der Waals surface area contributed by atoms with Crippen molar-refractivity contribution in [3.8, 4) is 0 Å². The van der Waals surface area contributed by atoms with Gasteiger partial charge in [-0.3, -0.25) is 4.68 Å². The minimum absolute atomic E-state index is 0.0804. The number of ether oxygens (including phenoxy) is 1. The molecule has 5 heteroatoms. The van der Waals surface area contributed by atoms with Crippen molar-refractivity contribution in [1.82, 2.24) is 9.78 Å². The zero-order chi connectivity index (χ0) is 10.7. The van der Waals surface area contributed by atoms with Crippen LogP contribution in [0.25, 0.3) is 0 Å². The second-order valence-electron chi connectivity index (χ2n) is 3.31. The van der Waals surface area contributed by atoms with Crippen LogP contribution >= 0.6 is 0 Å². The molecule has 0 aliphatic rings. The molecule has 0 atom stereocenters. The lowest BCUT2D eigenvalue weighted by Crippen LogP contribution is -2.10. The molecule has 0 amide bonds. The Morgan fingerprint density at radius 3 is 2.86 bits per heavy atom. The van der Waals surface area contributed by atoms with Gasteiger partial charge in [-0.15, -0.1) is 0 Å². The zero-order valence-electron chi connectivity index (χ0n) is 8.52. The van der Waals surface area contributed by atoms with Crippen molar-refractivity contribution in [2.24, 2.45) is 7.05 Å². The third-order valence-electron chi connectivity index (χ3n) is 1.79. The molecule has 0 saturated carbocycles. The van der Waals surface area contributed by atoms with Crippen molar-refractivity contribution in [3.05, 3.63) is 17.5 Å². The Hall–Kier alpha value is -1.36. The van der Waals surface area contributed by atoms with Crippen LogP contribution in [0.2, 0.25) is 0 Å². The molecule has 0 spiro atoms. The fraction of sp³-hybridized carbons (Fsp3) is 0.556. The molecule has 1 N–H and O–H groups in total. The third-order valence-corrected chi connectivity index (χ3v) is 1.79. The summed E-state index contributed by atoms with van der Waals surface area (Å²) in [5.74, 6) is -0.979. The second kappa shape index (κ2) is 4.23. The summed E-state index contributed by atoms with van der Waals surface area (Å²) in [6.07, 6.45) is 1.60. The van der Waals surface area contributed by atoms with Crippen molar-refractivity contribution in [3.63, 3.8) is 0 Å². The number of aromatic carboxylic acids is 1. The molecular formula is C9H14N2O3. The number of hydrogen-bond donors (Lipinski definition) is 1. The summed E-state index contributed by atoms with van der Waals surface area (Å²) in [6.45, 7) is 4.08. The van der Waals surface area contributed by atoms with Gasteiger partial charge in [0, 0.05) is 12.6 Å². The van der Waals surface area contributed by atoms with Crippen molar-refractivity contribution < 1.29 is 14.6 Å². The quantitative estimate of drug-likeness (QED) is 0.785. The highest BCUT2D eigenvalue weighted by molar-refractivity contribution is 5.87. The molecule has 0 aliphatic carbocycles. The van der Waals surface area contributed by atoms with Gasteiger partial charge in [-0.1, -0.05) is 0 Å². The van der Waals surface area contributed by atoms with Crippen molar-refractivity contribution in [1.29, 1.82) is 0 Å². The van der Waals surface area contributed by atoms with E-state index in [1.165, 1.54) is 10.9 Å². The number of carboxylic acid groups (broad SMARTS) is 1. The molecule has 0 bridgehead atoms. The van der Waals surface area contributed by atoms with Crippen LogP contribution in [0.1, 0.15) is 29.9 Å². The summed E-state index contributed by atoms with van der Waals surface area (Å²) in [7, 11) is 1.60. The maximum absolute atomic E-state index is 10.8. The number of aryl methyl sites for hydroxylation is 1. The van der Waals surface area contributed by atoms with Crippen LogP contribution in [-0.4, -0.2) is 27.0 Å². The number of rotatable bonds is 4. The van der Waals surface area contributed by atoms with E-state index in [0.717, 1.165) is 0 Å². The molecule has 78 valence electrons. The largest absolute Gasteiger partial charge is 0.477 e. The van der Waals surface area contributed by atoms with Crippen LogP contribution in [0.15, 0.2) is 6.20 Å². The summed E-state index contributed by atoms with van der Waals surface area (Å²) in [4.78, 5) is 10.8. The van der Waals surface area contributed by atoms with Gasteiger partial charge in [0.2, 0.25) is 0 Å². The molecule has 0 aromatic carbocycles. The van der Waals surface area contributed by atoms with E-state index in [1.807, 2.05) is 13.8 Å². The van der Waals surface area contributed by atoms with Crippen LogP contribution in [-0.2, 0) is 18.4 Å². The van der Waals surface area contributed by atoms with E-state index in [4.69, 9.17) is 9.84 Å². The number of hydrogen-bond acceptors (Lipinski definition) is 3. The lowest BCUT2D eigenvalue weighted by atomic mass is 10.2. The molecule has 0 unspecified atom stereocenters. The van der Waals surface area contributed by atoms with E-state index < -0.39 is 5.97 Å². The normalized spacial score (nSPS) is 10.9. The average molecular weight is 198 g/mol.